The second-order valence-corrected chi connectivity index (χ2v) is 9.28. The highest BCUT2D eigenvalue weighted by molar-refractivity contribution is 7.24. The Morgan fingerprint density at radius 1 is 1.03 bits per heavy atom. The van der Waals surface area contributed by atoms with E-state index in [-0.39, 0.29) is 17.4 Å². The fraction of sp³-hybridized carbons (Fsp3) is 0.263. The highest BCUT2D eigenvalue weighted by Crippen LogP contribution is 2.35. The van der Waals surface area contributed by atoms with Crippen LogP contribution in [0.1, 0.15) is 25.7 Å². The second kappa shape index (κ2) is 8.10. The van der Waals surface area contributed by atoms with E-state index in [2.05, 4.69) is 9.97 Å². The standard InChI is InChI=1S/C19H17ClN4O3S2/c1-11-16(29-17(22-11)13-3-4-14(20)28-13)19(27)24-8-6-23(7-9-24)18(26)12-2-5-15(25)21-10-12/h2-5,10H,6-9H2,1H3,(H,21,25). The van der Waals surface area contributed by atoms with Gasteiger partial charge in [-0.1, -0.05) is 11.6 Å². The average molecular weight is 449 g/mol. The molecule has 3 aromatic rings. The molecular formula is C19H17ClN4O3S2. The van der Waals surface area contributed by atoms with Gasteiger partial charge in [0.1, 0.15) is 9.88 Å². The SMILES string of the molecule is Cc1nc(-c2ccc(Cl)s2)sc1C(=O)N1CCN(C(=O)c2ccc(=O)[nH]c2)CC1. The van der Waals surface area contributed by atoms with E-state index in [4.69, 9.17) is 11.6 Å². The zero-order valence-corrected chi connectivity index (χ0v) is 17.9. The number of hydrogen-bond acceptors (Lipinski definition) is 6. The van der Waals surface area contributed by atoms with Gasteiger partial charge in [-0.25, -0.2) is 4.98 Å². The lowest BCUT2D eigenvalue weighted by Crippen LogP contribution is -2.50. The van der Waals surface area contributed by atoms with Crippen LogP contribution in [-0.4, -0.2) is 57.8 Å². The van der Waals surface area contributed by atoms with E-state index in [1.807, 2.05) is 19.1 Å². The minimum atomic E-state index is -0.249. The molecule has 0 aliphatic carbocycles. The number of nitrogens with one attached hydrogen (secondary N) is 1. The molecule has 10 heteroatoms. The van der Waals surface area contributed by atoms with Crippen molar-refractivity contribution in [3.05, 3.63) is 61.3 Å². The maximum Gasteiger partial charge on any atom is 0.265 e. The first-order valence-corrected chi connectivity index (χ1v) is 10.9. The van der Waals surface area contributed by atoms with Gasteiger partial charge in [0.15, 0.2) is 0 Å². The molecule has 3 aromatic heterocycles. The van der Waals surface area contributed by atoms with Crippen molar-refractivity contribution in [3.63, 3.8) is 0 Å². The van der Waals surface area contributed by atoms with E-state index in [0.717, 1.165) is 9.88 Å². The number of rotatable bonds is 3. The Balaban J connectivity index is 1.43. The van der Waals surface area contributed by atoms with Crippen LogP contribution >= 0.6 is 34.3 Å². The van der Waals surface area contributed by atoms with Crippen LogP contribution in [0.2, 0.25) is 4.34 Å². The van der Waals surface area contributed by atoms with E-state index < -0.39 is 0 Å². The van der Waals surface area contributed by atoms with Crippen molar-refractivity contribution in [2.24, 2.45) is 0 Å². The fourth-order valence-corrected chi connectivity index (χ4v) is 5.24. The lowest BCUT2D eigenvalue weighted by molar-refractivity contribution is 0.0537. The van der Waals surface area contributed by atoms with Gasteiger partial charge in [-0.05, 0) is 25.1 Å². The number of H-pyrrole nitrogens is 1. The Labute approximate surface area is 179 Å². The van der Waals surface area contributed by atoms with Crippen LogP contribution in [0.4, 0.5) is 0 Å². The topological polar surface area (TPSA) is 86.4 Å². The second-order valence-electron chi connectivity index (χ2n) is 6.56. The normalized spacial score (nSPS) is 14.3. The molecule has 0 bridgehead atoms. The zero-order valence-electron chi connectivity index (χ0n) is 15.5. The Morgan fingerprint density at radius 2 is 1.72 bits per heavy atom. The molecule has 0 spiro atoms. The highest BCUT2D eigenvalue weighted by atomic mass is 35.5. The third-order valence-corrected chi connectivity index (χ3v) is 7.21. The van der Waals surface area contributed by atoms with Crippen molar-refractivity contribution in [3.8, 4) is 9.88 Å². The van der Waals surface area contributed by atoms with E-state index in [9.17, 15) is 14.4 Å². The van der Waals surface area contributed by atoms with Crippen LogP contribution in [0.15, 0.2) is 35.3 Å². The summed E-state index contributed by atoms with van der Waals surface area (Å²) >= 11 is 8.81. The van der Waals surface area contributed by atoms with Crippen LogP contribution in [0, 0.1) is 6.92 Å². The molecule has 1 saturated heterocycles. The Bertz CT molecular complexity index is 1110. The number of hydrogen-bond donors (Lipinski definition) is 1. The van der Waals surface area contributed by atoms with E-state index in [1.54, 1.807) is 9.80 Å². The van der Waals surface area contributed by atoms with Crippen molar-refractivity contribution in [2.75, 3.05) is 26.2 Å². The molecule has 1 aliphatic rings. The van der Waals surface area contributed by atoms with Crippen LogP contribution in [0.3, 0.4) is 0 Å². The van der Waals surface area contributed by atoms with Crippen LogP contribution in [0.5, 0.6) is 0 Å². The van der Waals surface area contributed by atoms with Crippen molar-refractivity contribution < 1.29 is 9.59 Å². The zero-order chi connectivity index (χ0) is 20.5. The Kier molecular flexibility index (Phi) is 5.53. The molecule has 1 fully saturated rings. The predicted octanol–water partition coefficient (Wildman–Crippen LogP) is 3.12. The fourth-order valence-electron chi connectivity index (χ4n) is 3.11. The van der Waals surface area contributed by atoms with Gasteiger partial charge in [-0.3, -0.25) is 14.4 Å². The number of amides is 2. The number of aryl methyl sites for hydroxylation is 1. The van der Waals surface area contributed by atoms with Gasteiger partial charge in [-0.2, -0.15) is 0 Å². The van der Waals surface area contributed by atoms with Gasteiger partial charge < -0.3 is 14.8 Å². The van der Waals surface area contributed by atoms with Crippen molar-refractivity contribution in [1.29, 1.82) is 0 Å². The first kappa shape index (κ1) is 19.8. The first-order chi connectivity index (χ1) is 13.9. The molecule has 1 N–H and O–H groups in total. The molecule has 0 radical (unpaired) electrons. The molecule has 0 saturated carbocycles. The maximum absolute atomic E-state index is 13.0. The Hall–Kier alpha value is -2.49. The molecule has 7 nitrogen and oxygen atoms in total. The summed E-state index contributed by atoms with van der Waals surface area (Å²) in [5.74, 6) is -0.218. The molecule has 4 rings (SSSR count). The number of halogens is 1. The van der Waals surface area contributed by atoms with Crippen LogP contribution in [-0.2, 0) is 0 Å². The van der Waals surface area contributed by atoms with Gasteiger partial charge >= 0.3 is 0 Å². The maximum atomic E-state index is 13.0. The van der Waals surface area contributed by atoms with Gasteiger partial charge in [0, 0.05) is 38.4 Å². The number of carbonyl (C=O) groups is 2. The number of piperazine rings is 1. The lowest BCUT2D eigenvalue weighted by Gasteiger charge is -2.34. The molecule has 29 heavy (non-hydrogen) atoms. The summed E-state index contributed by atoms with van der Waals surface area (Å²) in [6.45, 7) is 3.61. The highest BCUT2D eigenvalue weighted by Gasteiger charge is 2.28. The largest absolute Gasteiger partial charge is 0.335 e. The summed E-state index contributed by atoms with van der Waals surface area (Å²) in [5.41, 5.74) is 0.884. The third kappa shape index (κ3) is 4.12. The number of aromatic amines is 1. The minimum absolute atomic E-state index is 0.0648. The van der Waals surface area contributed by atoms with Crippen molar-refractivity contribution in [1.82, 2.24) is 19.8 Å². The molecular weight excluding hydrogens is 432 g/mol. The van der Waals surface area contributed by atoms with E-state index in [0.29, 0.717) is 46.6 Å². The molecule has 150 valence electrons. The summed E-state index contributed by atoms with van der Waals surface area (Å²) in [7, 11) is 0. The van der Waals surface area contributed by atoms with Gasteiger partial charge in [0.2, 0.25) is 5.56 Å². The molecule has 4 heterocycles. The number of aromatic nitrogens is 2. The minimum Gasteiger partial charge on any atom is -0.335 e. The predicted molar refractivity (Wildman–Crippen MR) is 114 cm³/mol. The summed E-state index contributed by atoms with van der Waals surface area (Å²) in [4.78, 5) is 48.7. The van der Waals surface area contributed by atoms with E-state index in [1.165, 1.54) is 41.0 Å². The smallest absolute Gasteiger partial charge is 0.265 e. The van der Waals surface area contributed by atoms with Gasteiger partial charge in [-0.15, -0.1) is 22.7 Å². The van der Waals surface area contributed by atoms with Gasteiger partial charge in [0.25, 0.3) is 11.8 Å². The van der Waals surface area contributed by atoms with Crippen LogP contribution < -0.4 is 5.56 Å². The van der Waals surface area contributed by atoms with Crippen LogP contribution in [0.25, 0.3) is 9.88 Å². The molecule has 0 aromatic carbocycles. The first-order valence-electron chi connectivity index (χ1n) is 8.93. The quantitative estimate of drug-likeness (QED) is 0.667. The molecule has 1 aliphatic heterocycles. The van der Waals surface area contributed by atoms with E-state index >= 15 is 0 Å². The average Bonchev–Trinajstić information content (AvgIpc) is 3.33. The molecule has 2 amide bonds. The lowest BCUT2D eigenvalue weighted by atomic mass is 10.2. The van der Waals surface area contributed by atoms with Crippen molar-refractivity contribution in [2.45, 2.75) is 6.92 Å². The summed E-state index contributed by atoms with van der Waals surface area (Å²) in [6.07, 6.45) is 1.42. The third-order valence-electron chi connectivity index (χ3n) is 4.66. The Morgan fingerprint density at radius 3 is 2.31 bits per heavy atom. The monoisotopic (exact) mass is 448 g/mol. The number of pyridine rings is 1. The van der Waals surface area contributed by atoms with Gasteiger partial charge in [0.05, 0.1) is 20.5 Å². The summed E-state index contributed by atoms with van der Waals surface area (Å²) in [6, 6.07) is 6.56. The number of nitrogens with zero attached hydrogens (tertiary/aromatic N) is 3. The van der Waals surface area contributed by atoms with Crippen molar-refractivity contribution >= 4 is 46.1 Å². The number of thiophene rings is 1. The number of carbonyl (C=O) groups excluding carboxylic acids is 2. The summed E-state index contributed by atoms with van der Waals surface area (Å²) < 4.78 is 0.684. The molecule has 0 unspecified atom stereocenters. The summed E-state index contributed by atoms with van der Waals surface area (Å²) in [5, 5.41) is 0.787. The number of thiazole rings is 1. The molecule has 0 atom stereocenters.